The summed E-state index contributed by atoms with van der Waals surface area (Å²) in [6.45, 7) is 8.05. The number of hydrogen-bond acceptors (Lipinski definition) is 4. The maximum Gasteiger partial charge on any atom is 0.228 e. The largest absolute Gasteiger partial charge is 0.334 e. The number of piperidine rings is 1. The van der Waals surface area contributed by atoms with Gasteiger partial charge < -0.3 is 9.80 Å². The molecule has 1 aromatic heterocycles. The zero-order valence-corrected chi connectivity index (χ0v) is 20.3. The first-order valence-electron chi connectivity index (χ1n) is 11.9. The normalized spacial score (nSPS) is 31.1. The Bertz CT molecular complexity index is 1030. The number of nitrogens with zero attached hydrogens (tertiary/aromatic N) is 3. The lowest BCUT2D eigenvalue weighted by Crippen LogP contribution is -2.63. The van der Waals surface area contributed by atoms with Crippen LogP contribution < -0.4 is 0 Å². The second-order valence-corrected chi connectivity index (χ2v) is 11.4. The molecule has 0 radical (unpaired) electrons. The summed E-state index contributed by atoms with van der Waals surface area (Å²) in [5.41, 5.74) is 2.18. The Hall–Kier alpha value is -2.21. The van der Waals surface area contributed by atoms with Gasteiger partial charge in [0.25, 0.3) is 0 Å². The van der Waals surface area contributed by atoms with Crippen molar-refractivity contribution in [2.75, 3.05) is 0 Å². The Labute approximate surface area is 194 Å². The SMILES string of the molecule is CC(=O)N1[C@H]2CCC[C@H]3N(C(=O)Cc4sc(C)nc4C)[C@@H](Cc4ccccc4)[C@@H]1C[C@@]23C. The minimum atomic E-state index is -0.0178. The van der Waals surface area contributed by atoms with E-state index in [4.69, 9.17) is 0 Å². The highest BCUT2D eigenvalue weighted by molar-refractivity contribution is 7.11. The van der Waals surface area contributed by atoms with Crippen LogP contribution in [0.5, 0.6) is 0 Å². The van der Waals surface area contributed by atoms with Crippen LogP contribution in [-0.4, -0.2) is 50.8 Å². The molecule has 6 heteroatoms. The zero-order chi connectivity index (χ0) is 22.6. The van der Waals surface area contributed by atoms with Gasteiger partial charge >= 0.3 is 0 Å². The summed E-state index contributed by atoms with van der Waals surface area (Å²) in [5, 5.41) is 1.01. The molecular weight excluding hydrogens is 418 g/mol. The van der Waals surface area contributed by atoms with Crippen LogP contribution in [0.3, 0.4) is 0 Å². The Kier molecular flexibility index (Phi) is 5.39. The monoisotopic (exact) mass is 451 g/mol. The average molecular weight is 452 g/mol. The van der Waals surface area contributed by atoms with Gasteiger partial charge in [-0.25, -0.2) is 4.98 Å². The molecule has 0 spiro atoms. The Morgan fingerprint density at radius 2 is 1.81 bits per heavy atom. The molecule has 0 unspecified atom stereocenters. The van der Waals surface area contributed by atoms with E-state index in [1.165, 1.54) is 5.56 Å². The van der Waals surface area contributed by atoms with Crippen LogP contribution in [0.1, 0.15) is 60.7 Å². The predicted molar refractivity (Wildman–Crippen MR) is 127 cm³/mol. The fourth-order valence-electron chi connectivity index (χ4n) is 6.96. The van der Waals surface area contributed by atoms with Crippen molar-refractivity contribution in [1.82, 2.24) is 14.8 Å². The van der Waals surface area contributed by atoms with E-state index in [2.05, 4.69) is 46.0 Å². The quantitative estimate of drug-likeness (QED) is 0.696. The van der Waals surface area contributed by atoms with Gasteiger partial charge in [-0.05, 0) is 51.5 Å². The van der Waals surface area contributed by atoms with Crippen molar-refractivity contribution in [1.29, 1.82) is 0 Å². The van der Waals surface area contributed by atoms with Gasteiger partial charge in [0.05, 0.1) is 29.2 Å². The predicted octanol–water partition coefficient (Wildman–Crippen LogP) is 4.30. The molecule has 2 bridgehead atoms. The lowest BCUT2D eigenvalue weighted by molar-refractivity contribution is -0.144. The standard InChI is InChI=1S/C26H33N3O2S/c1-16-22(32-17(2)27-16)14-25(31)29-20(13-19-9-6-5-7-10-19)21-15-26(4)23(28(21)18(3)30)11-8-12-24(26)29/h5-7,9-10,20-21,23-24H,8,11-15H2,1-4H3/t20-,21-,23-,24+,26-/m0/s1. The fraction of sp³-hybridized carbons (Fsp3) is 0.577. The second-order valence-electron chi connectivity index (χ2n) is 10.1. The third-order valence-corrected chi connectivity index (χ3v) is 9.28. The highest BCUT2D eigenvalue weighted by Gasteiger charge is 2.64. The van der Waals surface area contributed by atoms with Gasteiger partial charge in [0.2, 0.25) is 11.8 Å². The molecule has 3 fully saturated rings. The number of rotatable bonds is 4. The van der Waals surface area contributed by atoms with Gasteiger partial charge in [0.1, 0.15) is 0 Å². The van der Waals surface area contributed by atoms with Crippen LogP contribution in [0.2, 0.25) is 0 Å². The highest BCUT2D eigenvalue weighted by atomic mass is 32.1. The number of thiazole rings is 1. The van der Waals surface area contributed by atoms with Crippen molar-refractivity contribution < 1.29 is 9.59 Å². The number of carbonyl (C=O) groups is 2. The molecule has 3 aliphatic rings. The molecule has 3 heterocycles. The van der Waals surface area contributed by atoms with Gasteiger partial charge in [-0.15, -0.1) is 11.3 Å². The lowest BCUT2D eigenvalue weighted by atomic mass is 9.64. The molecule has 1 saturated carbocycles. The van der Waals surface area contributed by atoms with E-state index in [0.717, 1.165) is 47.7 Å². The molecule has 2 aliphatic heterocycles. The van der Waals surface area contributed by atoms with Crippen molar-refractivity contribution in [3.05, 3.63) is 51.5 Å². The average Bonchev–Trinajstić information content (AvgIpc) is 3.23. The first-order valence-corrected chi connectivity index (χ1v) is 12.7. The molecule has 5 nitrogen and oxygen atoms in total. The molecule has 32 heavy (non-hydrogen) atoms. The number of carbonyl (C=O) groups excluding carboxylic acids is 2. The van der Waals surface area contributed by atoms with Crippen molar-refractivity contribution in [2.45, 2.75) is 90.4 Å². The molecule has 5 rings (SSSR count). The van der Waals surface area contributed by atoms with Gasteiger partial charge in [-0.2, -0.15) is 0 Å². The molecular formula is C26H33N3O2S. The smallest absolute Gasteiger partial charge is 0.228 e. The lowest BCUT2D eigenvalue weighted by Gasteiger charge is -2.53. The summed E-state index contributed by atoms with van der Waals surface area (Å²) >= 11 is 1.63. The number of aryl methyl sites for hydroxylation is 2. The number of amides is 2. The third kappa shape index (κ3) is 3.38. The van der Waals surface area contributed by atoms with E-state index in [1.54, 1.807) is 18.3 Å². The molecule has 2 aromatic rings. The molecule has 1 aromatic carbocycles. The van der Waals surface area contributed by atoms with Gasteiger partial charge in [-0.1, -0.05) is 37.3 Å². The summed E-state index contributed by atoms with van der Waals surface area (Å²) in [6.07, 6.45) is 5.36. The summed E-state index contributed by atoms with van der Waals surface area (Å²) in [4.78, 5) is 36.8. The van der Waals surface area contributed by atoms with Gasteiger partial charge in [0, 0.05) is 29.3 Å². The van der Waals surface area contributed by atoms with Crippen molar-refractivity contribution in [3.63, 3.8) is 0 Å². The summed E-state index contributed by atoms with van der Waals surface area (Å²) in [5.74, 6) is 0.357. The minimum Gasteiger partial charge on any atom is -0.334 e. The highest BCUT2D eigenvalue weighted by Crippen LogP contribution is 2.56. The van der Waals surface area contributed by atoms with Crippen LogP contribution in [0.15, 0.2) is 30.3 Å². The van der Waals surface area contributed by atoms with E-state index in [-0.39, 0.29) is 41.4 Å². The number of benzene rings is 1. The Morgan fingerprint density at radius 3 is 2.44 bits per heavy atom. The molecule has 1 aliphatic carbocycles. The maximum atomic E-state index is 14.0. The molecule has 5 atom stereocenters. The van der Waals surface area contributed by atoms with Crippen molar-refractivity contribution in [3.8, 4) is 0 Å². The van der Waals surface area contributed by atoms with Gasteiger partial charge in [0.15, 0.2) is 0 Å². The van der Waals surface area contributed by atoms with Crippen LogP contribution >= 0.6 is 11.3 Å². The molecule has 2 saturated heterocycles. The van der Waals surface area contributed by atoms with E-state index in [0.29, 0.717) is 6.42 Å². The number of hydrogen-bond donors (Lipinski definition) is 0. The maximum absolute atomic E-state index is 14.0. The van der Waals surface area contributed by atoms with E-state index in [9.17, 15) is 9.59 Å². The molecule has 2 amide bonds. The second kappa shape index (κ2) is 7.98. The minimum absolute atomic E-state index is 0.0178. The van der Waals surface area contributed by atoms with Crippen molar-refractivity contribution >= 4 is 23.2 Å². The van der Waals surface area contributed by atoms with Crippen LogP contribution in [-0.2, 0) is 22.4 Å². The Balaban J connectivity index is 1.56. The van der Waals surface area contributed by atoms with Crippen molar-refractivity contribution in [2.24, 2.45) is 5.41 Å². The zero-order valence-electron chi connectivity index (χ0n) is 19.5. The first-order chi connectivity index (χ1) is 15.3. The topological polar surface area (TPSA) is 53.5 Å². The number of aromatic nitrogens is 1. The summed E-state index contributed by atoms with van der Waals surface area (Å²) in [7, 11) is 0. The van der Waals surface area contributed by atoms with Crippen LogP contribution in [0, 0.1) is 19.3 Å². The third-order valence-electron chi connectivity index (χ3n) is 8.21. The van der Waals surface area contributed by atoms with E-state index < -0.39 is 0 Å². The van der Waals surface area contributed by atoms with E-state index >= 15 is 0 Å². The first kappa shape index (κ1) is 21.6. The van der Waals surface area contributed by atoms with Crippen LogP contribution in [0.25, 0.3) is 0 Å². The summed E-state index contributed by atoms with van der Waals surface area (Å²) in [6, 6.07) is 11.0. The number of fused-ring (bicyclic) bond motifs is 1. The summed E-state index contributed by atoms with van der Waals surface area (Å²) < 4.78 is 0. The van der Waals surface area contributed by atoms with E-state index in [1.807, 2.05) is 19.9 Å². The number of likely N-dealkylation sites (tertiary alicyclic amines) is 2. The van der Waals surface area contributed by atoms with Crippen LogP contribution in [0.4, 0.5) is 0 Å². The Morgan fingerprint density at radius 1 is 1.12 bits per heavy atom. The fourth-order valence-corrected chi connectivity index (χ4v) is 7.89. The van der Waals surface area contributed by atoms with Gasteiger partial charge in [-0.3, -0.25) is 9.59 Å². The molecule has 170 valence electrons. The molecule has 0 N–H and O–H groups in total.